The first kappa shape index (κ1) is 21.0. The van der Waals surface area contributed by atoms with Crippen LogP contribution in [0.15, 0.2) is 69.7 Å². The van der Waals surface area contributed by atoms with E-state index in [0.29, 0.717) is 40.9 Å². The number of nitrogens with one attached hydrogen (secondary N) is 1. The number of fused-ring (bicyclic) bond motifs is 1. The molecule has 29 heavy (non-hydrogen) atoms. The third-order valence-electron chi connectivity index (χ3n) is 4.56. The van der Waals surface area contributed by atoms with Crippen LogP contribution in [0.25, 0.3) is 10.9 Å². The Hall–Kier alpha value is -2.75. The van der Waals surface area contributed by atoms with Crippen molar-refractivity contribution in [3.8, 4) is 18.1 Å². The number of H-pyrrole nitrogens is 1. The van der Waals surface area contributed by atoms with Gasteiger partial charge in [-0.25, -0.2) is 8.42 Å². The van der Waals surface area contributed by atoms with Gasteiger partial charge in [0.2, 0.25) is 9.84 Å². The molecule has 3 rings (SSSR count). The summed E-state index contributed by atoms with van der Waals surface area (Å²) >= 11 is 5.72. The number of aromatic nitrogens is 2. The zero-order chi connectivity index (χ0) is 20.9. The number of ether oxygens (including phenoxy) is 1. The van der Waals surface area contributed by atoms with Gasteiger partial charge in [-0.2, -0.15) is 5.10 Å². The van der Waals surface area contributed by atoms with E-state index < -0.39 is 9.84 Å². The first-order valence-electron chi connectivity index (χ1n) is 9.07. The summed E-state index contributed by atoms with van der Waals surface area (Å²) in [5, 5.41) is 7.28. The van der Waals surface area contributed by atoms with E-state index in [2.05, 4.69) is 16.1 Å². The molecule has 1 aromatic heterocycles. The van der Waals surface area contributed by atoms with E-state index in [1.807, 2.05) is 30.4 Å². The Balaban J connectivity index is 2.09. The summed E-state index contributed by atoms with van der Waals surface area (Å²) in [6.07, 6.45) is 15.7. The SMILES string of the molecule is C#CC/C=C1/C=CC=C/C(=C(/C)S(=O)(=O)c2[nH]nc3cccc(OCCCl)c23)C1. The fourth-order valence-electron chi connectivity index (χ4n) is 3.06. The van der Waals surface area contributed by atoms with Gasteiger partial charge in [0, 0.05) is 6.42 Å². The van der Waals surface area contributed by atoms with Crippen molar-refractivity contribution >= 4 is 32.3 Å². The van der Waals surface area contributed by atoms with Crippen LogP contribution in [0.1, 0.15) is 19.8 Å². The molecule has 0 spiro atoms. The second-order valence-corrected chi connectivity index (χ2v) is 8.81. The predicted octanol–water partition coefficient (Wildman–Crippen LogP) is 4.69. The molecule has 0 bridgehead atoms. The molecule has 1 aliphatic rings. The van der Waals surface area contributed by atoms with E-state index in [1.54, 1.807) is 25.1 Å². The maximum atomic E-state index is 13.4. The van der Waals surface area contributed by atoms with Crippen LogP contribution in [0, 0.1) is 12.3 Å². The highest BCUT2D eigenvalue weighted by Gasteiger charge is 2.27. The standard InChI is InChI=1S/C22H21ClN2O3S/c1-3-4-8-17-9-5-6-10-18(15-17)16(2)29(26,27)22-21-19(24-25-22)11-7-12-20(21)28-14-13-23/h1,5-12H,4,13-15H2,2H3,(H,24,25)/b17-8-,18-16+. The molecule has 1 aliphatic carbocycles. The maximum Gasteiger partial charge on any atom is 0.220 e. The summed E-state index contributed by atoms with van der Waals surface area (Å²) in [6, 6.07) is 5.20. The zero-order valence-electron chi connectivity index (χ0n) is 16.0. The Kier molecular flexibility index (Phi) is 6.63. The van der Waals surface area contributed by atoms with Gasteiger partial charge in [-0.15, -0.1) is 23.9 Å². The average Bonchev–Trinajstić information content (AvgIpc) is 3.03. The molecule has 0 unspecified atom stereocenters. The number of benzene rings is 1. The molecule has 0 fully saturated rings. The number of halogens is 1. The summed E-state index contributed by atoms with van der Waals surface area (Å²) in [7, 11) is -3.83. The number of hydrogen-bond acceptors (Lipinski definition) is 4. The third kappa shape index (κ3) is 4.47. The van der Waals surface area contributed by atoms with Crippen molar-refractivity contribution in [3.05, 3.63) is 64.6 Å². The van der Waals surface area contributed by atoms with Crippen LogP contribution < -0.4 is 4.74 Å². The topological polar surface area (TPSA) is 72.0 Å². The third-order valence-corrected chi connectivity index (χ3v) is 6.62. The Morgan fingerprint density at radius 3 is 2.93 bits per heavy atom. The van der Waals surface area contributed by atoms with Crippen molar-refractivity contribution in [2.75, 3.05) is 12.5 Å². The highest BCUT2D eigenvalue weighted by atomic mass is 35.5. The Bertz CT molecular complexity index is 1180. The van der Waals surface area contributed by atoms with Gasteiger partial charge in [0.05, 0.1) is 21.7 Å². The van der Waals surface area contributed by atoms with E-state index in [-0.39, 0.29) is 16.5 Å². The first-order chi connectivity index (χ1) is 14.0. The Morgan fingerprint density at radius 1 is 1.38 bits per heavy atom. The van der Waals surface area contributed by atoms with Gasteiger partial charge in [0.25, 0.3) is 0 Å². The number of nitrogens with zero attached hydrogens (tertiary/aromatic N) is 1. The van der Waals surface area contributed by atoms with Gasteiger partial charge >= 0.3 is 0 Å². The number of alkyl halides is 1. The quantitative estimate of drug-likeness (QED) is 0.535. The van der Waals surface area contributed by atoms with Crippen molar-refractivity contribution < 1.29 is 13.2 Å². The number of hydrogen-bond donors (Lipinski definition) is 1. The second-order valence-electron chi connectivity index (χ2n) is 6.41. The highest BCUT2D eigenvalue weighted by Crippen LogP contribution is 2.34. The summed E-state index contributed by atoms with van der Waals surface area (Å²) in [5.41, 5.74) is 2.18. The Labute approximate surface area is 175 Å². The molecule has 7 heteroatoms. The molecule has 0 amide bonds. The molecule has 1 heterocycles. The lowest BCUT2D eigenvalue weighted by molar-refractivity contribution is 0.346. The fourth-order valence-corrected chi connectivity index (χ4v) is 4.57. The molecule has 0 atom stereocenters. The van der Waals surface area contributed by atoms with Gasteiger partial charge in [-0.1, -0.05) is 36.4 Å². The molecule has 1 N–H and O–H groups in total. The van der Waals surface area contributed by atoms with Gasteiger partial charge < -0.3 is 4.74 Å². The molecule has 2 aromatic rings. The minimum Gasteiger partial charge on any atom is -0.492 e. The Morgan fingerprint density at radius 2 is 2.17 bits per heavy atom. The van der Waals surface area contributed by atoms with Gasteiger partial charge in [-0.3, -0.25) is 5.10 Å². The number of sulfone groups is 1. The van der Waals surface area contributed by atoms with Gasteiger partial charge in [0.1, 0.15) is 12.4 Å². The largest absolute Gasteiger partial charge is 0.492 e. The molecule has 0 radical (unpaired) electrons. The molecular weight excluding hydrogens is 408 g/mol. The van der Waals surface area contributed by atoms with Crippen LogP contribution in [0.3, 0.4) is 0 Å². The van der Waals surface area contributed by atoms with Crippen molar-refractivity contribution in [1.82, 2.24) is 10.2 Å². The van der Waals surface area contributed by atoms with Crippen molar-refractivity contribution in [2.24, 2.45) is 0 Å². The molecule has 150 valence electrons. The molecular formula is C22H21ClN2O3S. The number of terminal acetylenes is 1. The summed E-state index contributed by atoms with van der Waals surface area (Å²) in [5.74, 6) is 3.30. The van der Waals surface area contributed by atoms with Crippen LogP contribution in [0.2, 0.25) is 0 Å². The van der Waals surface area contributed by atoms with E-state index in [9.17, 15) is 8.42 Å². The predicted molar refractivity (Wildman–Crippen MR) is 117 cm³/mol. The van der Waals surface area contributed by atoms with Crippen LogP contribution in [0.4, 0.5) is 0 Å². The van der Waals surface area contributed by atoms with Crippen LogP contribution in [0.5, 0.6) is 5.75 Å². The second kappa shape index (κ2) is 9.17. The molecule has 0 saturated heterocycles. The minimum atomic E-state index is -3.83. The van der Waals surface area contributed by atoms with Crippen molar-refractivity contribution in [3.63, 3.8) is 0 Å². The maximum absolute atomic E-state index is 13.4. The van der Waals surface area contributed by atoms with Crippen molar-refractivity contribution in [2.45, 2.75) is 24.8 Å². The number of aromatic amines is 1. The fraction of sp³-hybridized carbons (Fsp3) is 0.227. The molecule has 0 aliphatic heterocycles. The van der Waals surface area contributed by atoms with Crippen LogP contribution >= 0.6 is 11.6 Å². The lowest BCUT2D eigenvalue weighted by Crippen LogP contribution is -2.07. The average molecular weight is 429 g/mol. The van der Waals surface area contributed by atoms with Crippen LogP contribution in [-0.2, 0) is 9.84 Å². The molecule has 5 nitrogen and oxygen atoms in total. The van der Waals surface area contributed by atoms with E-state index >= 15 is 0 Å². The first-order valence-corrected chi connectivity index (χ1v) is 11.1. The summed E-state index contributed by atoms with van der Waals surface area (Å²) in [6.45, 7) is 1.87. The monoisotopic (exact) mass is 428 g/mol. The van der Waals surface area contributed by atoms with Crippen LogP contribution in [-0.4, -0.2) is 31.1 Å². The normalized spacial score (nSPS) is 17.3. The number of allylic oxidation sites excluding steroid dienone is 8. The zero-order valence-corrected chi connectivity index (χ0v) is 17.6. The van der Waals surface area contributed by atoms with Gasteiger partial charge in [-0.05, 0) is 36.6 Å². The van der Waals surface area contributed by atoms with Crippen molar-refractivity contribution in [1.29, 1.82) is 0 Å². The van der Waals surface area contributed by atoms with E-state index in [4.69, 9.17) is 22.8 Å². The number of rotatable bonds is 6. The smallest absolute Gasteiger partial charge is 0.220 e. The highest BCUT2D eigenvalue weighted by molar-refractivity contribution is 7.95. The lowest BCUT2D eigenvalue weighted by atomic mass is 10.1. The molecule has 0 saturated carbocycles. The van der Waals surface area contributed by atoms with E-state index in [0.717, 1.165) is 5.57 Å². The summed E-state index contributed by atoms with van der Waals surface area (Å²) < 4.78 is 32.5. The molecule has 1 aromatic carbocycles. The minimum absolute atomic E-state index is 0.0161. The van der Waals surface area contributed by atoms with E-state index in [1.165, 1.54) is 0 Å². The lowest BCUT2D eigenvalue weighted by Gasteiger charge is -2.11. The summed E-state index contributed by atoms with van der Waals surface area (Å²) in [4.78, 5) is 0.252. The van der Waals surface area contributed by atoms with Gasteiger partial charge in [0.15, 0.2) is 5.03 Å².